The van der Waals surface area contributed by atoms with Gasteiger partial charge in [0, 0.05) is 22.7 Å². The molecule has 0 unspecified atom stereocenters. The van der Waals surface area contributed by atoms with E-state index in [1.54, 1.807) is 23.2 Å². The molecule has 0 radical (unpaired) electrons. The number of aromatic amines is 1. The molecule has 4 nitrogen and oxygen atoms in total. The predicted molar refractivity (Wildman–Crippen MR) is 72.9 cm³/mol. The van der Waals surface area contributed by atoms with Crippen molar-refractivity contribution in [3.05, 3.63) is 33.5 Å². The number of rotatable bonds is 3. The minimum Gasteiger partial charge on any atom is -0.282 e. The molecular weight excluding hydrogens is 282 g/mol. The minimum absolute atomic E-state index is 0.214. The van der Waals surface area contributed by atoms with Crippen LogP contribution in [0.15, 0.2) is 12.1 Å². The maximum Gasteiger partial charge on any atom is 0.262 e. The quantitative estimate of drug-likeness (QED) is 0.947. The number of nitrogens with one attached hydrogen (secondary N) is 1. The van der Waals surface area contributed by atoms with E-state index in [4.69, 9.17) is 0 Å². The molecule has 7 heteroatoms. The zero-order valence-corrected chi connectivity index (χ0v) is 12.2. The molecular formula is C13H16F2N4S. The average Bonchev–Trinajstić information content (AvgIpc) is 3.00. The fraction of sp³-hybridized carbons (Fsp3) is 0.538. The molecule has 0 aromatic carbocycles. The molecule has 2 aromatic heterocycles. The van der Waals surface area contributed by atoms with Gasteiger partial charge in [-0.15, -0.1) is 11.3 Å². The molecule has 1 saturated heterocycles. The third-order valence-electron chi connectivity index (χ3n) is 3.43. The molecule has 2 aromatic rings. The largest absolute Gasteiger partial charge is 0.282 e. The summed E-state index contributed by atoms with van der Waals surface area (Å²) in [6.45, 7) is 4.08. The van der Waals surface area contributed by atoms with Crippen molar-refractivity contribution >= 4 is 11.3 Å². The summed E-state index contributed by atoms with van der Waals surface area (Å²) in [5, 5.41) is 6.78. The van der Waals surface area contributed by atoms with Gasteiger partial charge in [0.15, 0.2) is 5.82 Å². The van der Waals surface area contributed by atoms with E-state index in [9.17, 15) is 8.78 Å². The topological polar surface area (TPSA) is 44.8 Å². The Kier molecular flexibility index (Phi) is 3.33. The molecule has 1 fully saturated rings. The van der Waals surface area contributed by atoms with Crippen molar-refractivity contribution in [2.75, 3.05) is 6.54 Å². The second-order valence-corrected chi connectivity index (χ2v) is 6.64. The first-order chi connectivity index (χ1) is 9.43. The Morgan fingerprint density at radius 1 is 1.45 bits per heavy atom. The Hall–Kier alpha value is -1.34. The fourth-order valence-electron chi connectivity index (χ4n) is 2.58. The van der Waals surface area contributed by atoms with E-state index in [0.29, 0.717) is 18.2 Å². The Labute approximate surface area is 119 Å². The Bertz CT molecular complexity index is 607. The van der Waals surface area contributed by atoms with Crippen molar-refractivity contribution in [3.8, 4) is 0 Å². The number of H-pyrrole nitrogens is 1. The first-order valence-corrected chi connectivity index (χ1v) is 7.31. The van der Waals surface area contributed by atoms with Crippen molar-refractivity contribution in [2.24, 2.45) is 0 Å². The van der Waals surface area contributed by atoms with E-state index in [0.717, 1.165) is 4.88 Å². The van der Waals surface area contributed by atoms with Gasteiger partial charge < -0.3 is 0 Å². The summed E-state index contributed by atoms with van der Waals surface area (Å²) in [7, 11) is 0. The third-order valence-corrected chi connectivity index (χ3v) is 4.42. The Balaban J connectivity index is 1.83. The number of hydrogen-bond donors (Lipinski definition) is 1. The molecule has 0 bridgehead atoms. The molecule has 0 spiro atoms. The summed E-state index contributed by atoms with van der Waals surface area (Å²) >= 11 is 1.64. The van der Waals surface area contributed by atoms with Gasteiger partial charge in [-0.2, -0.15) is 5.10 Å². The number of likely N-dealkylation sites (tertiary alicyclic amines) is 1. The number of halogens is 2. The number of hydrogen-bond acceptors (Lipinski definition) is 4. The van der Waals surface area contributed by atoms with Crippen molar-refractivity contribution in [3.63, 3.8) is 0 Å². The van der Waals surface area contributed by atoms with E-state index in [-0.39, 0.29) is 13.0 Å². The van der Waals surface area contributed by atoms with E-state index < -0.39 is 12.0 Å². The van der Waals surface area contributed by atoms with Crippen LogP contribution >= 0.6 is 11.3 Å². The van der Waals surface area contributed by atoms with Crippen molar-refractivity contribution in [1.82, 2.24) is 20.1 Å². The fourth-order valence-corrected chi connectivity index (χ4v) is 3.50. The van der Waals surface area contributed by atoms with Crippen molar-refractivity contribution in [2.45, 2.75) is 38.8 Å². The van der Waals surface area contributed by atoms with Crippen LogP contribution in [0.1, 0.15) is 33.9 Å². The monoisotopic (exact) mass is 298 g/mol. The highest BCUT2D eigenvalue weighted by atomic mass is 32.1. The maximum atomic E-state index is 13.7. The van der Waals surface area contributed by atoms with Crippen molar-refractivity contribution in [1.29, 1.82) is 0 Å². The van der Waals surface area contributed by atoms with Gasteiger partial charge in [0.1, 0.15) is 5.82 Å². The van der Waals surface area contributed by atoms with Gasteiger partial charge in [-0.05, 0) is 26.0 Å². The predicted octanol–water partition coefficient (Wildman–Crippen LogP) is 3.07. The van der Waals surface area contributed by atoms with Gasteiger partial charge in [0.2, 0.25) is 0 Å². The average molecular weight is 298 g/mol. The highest BCUT2D eigenvalue weighted by molar-refractivity contribution is 7.11. The molecule has 1 atom stereocenters. The second-order valence-electron chi connectivity index (χ2n) is 5.27. The number of aromatic nitrogens is 3. The summed E-state index contributed by atoms with van der Waals surface area (Å²) < 4.78 is 27.5. The summed E-state index contributed by atoms with van der Waals surface area (Å²) in [4.78, 5) is 8.27. The van der Waals surface area contributed by atoms with Gasteiger partial charge in [-0.25, -0.2) is 13.8 Å². The van der Waals surface area contributed by atoms with Crippen LogP contribution in [0.2, 0.25) is 0 Å². The maximum absolute atomic E-state index is 13.7. The molecule has 1 aliphatic rings. The van der Waals surface area contributed by atoms with Crippen LogP contribution < -0.4 is 0 Å². The first-order valence-electron chi connectivity index (χ1n) is 6.49. The lowest BCUT2D eigenvalue weighted by molar-refractivity contribution is 0.0114. The van der Waals surface area contributed by atoms with Crippen LogP contribution in [-0.4, -0.2) is 32.5 Å². The smallest absolute Gasteiger partial charge is 0.262 e. The van der Waals surface area contributed by atoms with Crippen LogP contribution in [-0.2, 0) is 6.54 Å². The van der Waals surface area contributed by atoms with Crippen LogP contribution in [0.5, 0.6) is 0 Å². The summed E-state index contributed by atoms with van der Waals surface area (Å²) in [5.41, 5.74) is 0. The number of nitrogens with zero attached hydrogens (tertiary/aromatic N) is 3. The van der Waals surface area contributed by atoms with Gasteiger partial charge in [-0.3, -0.25) is 10.00 Å². The van der Waals surface area contributed by atoms with Crippen LogP contribution in [0, 0.1) is 13.8 Å². The first kappa shape index (κ1) is 13.6. The van der Waals surface area contributed by atoms with Gasteiger partial charge in [0.05, 0.1) is 12.6 Å². The Morgan fingerprint density at radius 2 is 2.25 bits per heavy atom. The Morgan fingerprint density at radius 3 is 2.85 bits per heavy atom. The molecule has 108 valence electrons. The van der Waals surface area contributed by atoms with Crippen LogP contribution in [0.4, 0.5) is 8.78 Å². The second kappa shape index (κ2) is 4.89. The van der Waals surface area contributed by atoms with Gasteiger partial charge in [-0.1, -0.05) is 0 Å². The highest BCUT2D eigenvalue weighted by Gasteiger charge is 2.47. The number of aryl methyl sites for hydroxylation is 2. The zero-order chi connectivity index (χ0) is 14.3. The minimum atomic E-state index is -2.68. The molecule has 3 rings (SSSR count). The lowest BCUT2D eigenvalue weighted by Crippen LogP contribution is -2.26. The molecule has 1 N–H and O–H groups in total. The van der Waals surface area contributed by atoms with Gasteiger partial charge >= 0.3 is 0 Å². The summed E-state index contributed by atoms with van der Waals surface area (Å²) in [6.07, 6.45) is -0.214. The lowest BCUT2D eigenvalue weighted by atomic mass is 10.2. The van der Waals surface area contributed by atoms with Gasteiger partial charge in [0.25, 0.3) is 5.92 Å². The van der Waals surface area contributed by atoms with E-state index in [1.165, 1.54) is 4.88 Å². The summed E-state index contributed by atoms with van der Waals surface area (Å²) in [5.74, 6) is -1.55. The highest BCUT2D eigenvalue weighted by Crippen LogP contribution is 2.41. The van der Waals surface area contributed by atoms with Crippen LogP contribution in [0.25, 0.3) is 0 Å². The molecule has 0 saturated carbocycles. The van der Waals surface area contributed by atoms with E-state index in [2.05, 4.69) is 15.2 Å². The van der Waals surface area contributed by atoms with Crippen LogP contribution in [0.3, 0.4) is 0 Å². The third kappa shape index (κ3) is 2.73. The van der Waals surface area contributed by atoms with E-state index in [1.807, 2.05) is 19.1 Å². The standard InChI is InChI=1S/C13H16F2N4S/c1-8-3-4-10(20-8)6-19-7-13(14,15)5-11(19)12-16-9(2)17-18-12/h3-4,11H,5-7H2,1-2H3,(H,16,17,18)/t11-/m0/s1. The number of thiophene rings is 1. The normalized spacial score (nSPS) is 22.5. The number of alkyl halides is 2. The lowest BCUT2D eigenvalue weighted by Gasteiger charge is -2.20. The SMILES string of the molecule is Cc1nc([C@@H]2CC(F)(F)CN2Cc2ccc(C)s2)n[nH]1. The molecule has 20 heavy (non-hydrogen) atoms. The zero-order valence-electron chi connectivity index (χ0n) is 11.4. The van der Waals surface area contributed by atoms with Crippen molar-refractivity contribution < 1.29 is 8.78 Å². The van der Waals surface area contributed by atoms with E-state index >= 15 is 0 Å². The molecule has 0 amide bonds. The molecule has 0 aliphatic carbocycles. The molecule has 3 heterocycles. The molecule has 1 aliphatic heterocycles. The summed E-state index contributed by atoms with van der Waals surface area (Å²) in [6, 6.07) is 3.59.